The number of rotatable bonds is 3. The Hall–Kier alpha value is -1.06. The van der Waals surface area contributed by atoms with Crippen LogP contribution in [0.1, 0.15) is 45.4 Å². The van der Waals surface area contributed by atoms with Crippen LogP contribution in [0.4, 0.5) is 0 Å². The number of hydrogen-bond donors (Lipinski definition) is 1. The van der Waals surface area contributed by atoms with Crippen molar-refractivity contribution in [3.05, 3.63) is 0 Å². The SMILES string of the molecule is CCC1C[C@H](C(=O)N2CCCCC2)[C@H](C(=O)O)C1. The molecule has 0 spiro atoms. The number of likely N-dealkylation sites (tertiary alicyclic amines) is 1. The Morgan fingerprint density at radius 1 is 1.11 bits per heavy atom. The lowest BCUT2D eigenvalue weighted by atomic mass is 9.94. The molecule has 1 aliphatic heterocycles. The zero-order chi connectivity index (χ0) is 13.1. The van der Waals surface area contributed by atoms with E-state index in [-0.39, 0.29) is 11.8 Å². The third-order valence-electron chi connectivity index (χ3n) is 4.54. The van der Waals surface area contributed by atoms with Crippen LogP contribution in [0.25, 0.3) is 0 Å². The summed E-state index contributed by atoms with van der Waals surface area (Å²) in [5, 5.41) is 9.27. The van der Waals surface area contributed by atoms with Gasteiger partial charge in [0.2, 0.25) is 5.91 Å². The van der Waals surface area contributed by atoms with E-state index in [1.165, 1.54) is 6.42 Å². The Morgan fingerprint density at radius 3 is 2.28 bits per heavy atom. The van der Waals surface area contributed by atoms with Crippen LogP contribution in [0.3, 0.4) is 0 Å². The maximum absolute atomic E-state index is 12.4. The van der Waals surface area contributed by atoms with Crippen LogP contribution < -0.4 is 0 Å². The monoisotopic (exact) mass is 253 g/mol. The molecule has 1 N–H and O–H groups in total. The van der Waals surface area contributed by atoms with Gasteiger partial charge >= 0.3 is 5.97 Å². The average molecular weight is 253 g/mol. The highest BCUT2D eigenvalue weighted by Gasteiger charge is 2.43. The maximum Gasteiger partial charge on any atom is 0.307 e. The van der Waals surface area contributed by atoms with Gasteiger partial charge < -0.3 is 10.0 Å². The lowest BCUT2D eigenvalue weighted by Gasteiger charge is -2.30. The van der Waals surface area contributed by atoms with E-state index >= 15 is 0 Å². The van der Waals surface area contributed by atoms with Crippen molar-refractivity contribution >= 4 is 11.9 Å². The molecule has 4 nitrogen and oxygen atoms in total. The molecule has 2 aliphatic rings. The number of nitrogens with zero attached hydrogens (tertiary/aromatic N) is 1. The summed E-state index contributed by atoms with van der Waals surface area (Å²) in [5.41, 5.74) is 0. The summed E-state index contributed by atoms with van der Waals surface area (Å²) >= 11 is 0. The van der Waals surface area contributed by atoms with Gasteiger partial charge in [-0.2, -0.15) is 0 Å². The second-order valence-corrected chi connectivity index (χ2v) is 5.68. The molecule has 0 radical (unpaired) electrons. The topological polar surface area (TPSA) is 57.6 Å². The fourth-order valence-corrected chi connectivity index (χ4v) is 3.37. The zero-order valence-electron chi connectivity index (χ0n) is 11.1. The summed E-state index contributed by atoms with van der Waals surface area (Å²) in [4.78, 5) is 25.6. The number of carboxylic acid groups (broad SMARTS) is 1. The standard InChI is InChI=1S/C14H23NO3/c1-2-10-8-11(12(9-10)14(17)18)13(16)15-6-4-3-5-7-15/h10-12H,2-9H2,1H3,(H,17,18)/t10?,11-,12+/m0/s1. The van der Waals surface area contributed by atoms with E-state index in [1.807, 2.05) is 4.90 Å². The molecule has 1 saturated heterocycles. The van der Waals surface area contributed by atoms with Crippen molar-refractivity contribution in [1.29, 1.82) is 0 Å². The van der Waals surface area contributed by atoms with Crippen molar-refractivity contribution in [1.82, 2.24) is 4.90 Å². The highest BCUT2D eigenvalue weighted by molar-refractivity contribution is 5.85. The minimum Gasteiger partial charge on any atom is -0.481 e. The molecule has 4 heteroatoms. The number of carbonyl (C=O) groups is 2. The molecule has 1 heterocycles. The molecular weight excluding hydrogens is 230 g/mol. The smallest absolute Gasteiger partial charge is 0.307 e. The normalized spacial score (nSPS) is 32.5. The molecule has 0 bridgehead atoms. The first-order chi connectivity index (χ1) is 8.63. The second-order valence-electron chi connectivity index (χ2n) is 5.68. The van der Waals surface area contributed by atoms with Crippen LogP contribution in [0.5, 0.6) is 0 Å². The van der Waals surface area contributed by atoms with Gasteiger partial charge in [-0.05, 0) is 38.0 Å². The summed E-state index contributed by atoms with van der Waals surface area (Å²) in [6, 6.07) is 0. The van der Waals surface area contributed by atoms with Gasteiger partial charge in [-0.15, -0.1) is 0 Å². The summed E-state index contributed by atoms with van der Waals surface area (Å²) in [6.07, 6.45) is 5.74. The van der Waals surface area contributed by atoms with Gasteiger partial charge in [0.15, 0.2) is 0 Å². The Labute approximate surface area is 108 Å². The van der Waals surface area contributed by atoms with Crippen LogP contribution in [0.15, 0.2) is 0 Å². The van der Waals surface area contributed by atoms with Crippen molar-refractivity contribution in [3.63, 3.8) is 0 Å². The summed E-state index contributed by atoms with van der Waals surface area (Å²) in [7, 11) is 0. The average Bonchev–Trinajstić information content (AvgIpc) is 2.83. The van der Waals surface area contributed by atoms with Crippen molar-refractivity contribution in [2.24, 2.45) is 17.8 Å². The lowest BCUT2D eigenvalue weighted by Crippen LogP contribution is -2.42. The molecule has 2 rings (SSSR count). The first kappa shape index (κ1) is 13.4. The van der Waals surface area contributed by atoms with E-state index in [1.54, 1.807) is 0 Å². The first-order valence-electron chi connectivity index (χ1n) is 7.15. The predicted molar refractivity (Wildman–Crippen MR) is 68.1 cm³/mol. The number of aliphatic carboxylic acids is 1. The molecule has 0 aromatic heterocycles. The van der Waals surface area contributed by atoms with Crippen LogP contribution in [0.2, 0.25) is 0 Å². The highest BCUT2D eigenvalue weighted by atomic mass is 16.4. The van der Waals surface area contributed by atoms with Crippen molar-refractivity contribution in [3.8, 4) is 0 Å². The van der Waals surface area contributed by atoms with Crippen LogP contribution in [-0.2, 0) is 9.59 Å². The van der Waals surface area contributed by atoms with Gasteiger partial charge in [-0.25, -0.2) is 0 Å². The second kappa shape index (κ2) is 5.72. The minimum absolute atomic E-state index is 0.0954. The number of carboxylic acids is 1. The van der Waals surface area contributed by atoms with Gasteiger partial charge in [0, 0.05) is 13.1 Å². The molecule has 1 saturated carbocycles. The lowest BCUT2D eigenvalue weighted by molar-refractivity contribution is -0.149. The first-order valence-corrected chi connectivity index (χ1v) is 7.15. The summed E-state index contributed by atoms with van der Waals surface area (Å²) < 4.78 is 0. The number of piperidine rings is 1. The molecule has 0 aromatic rings. The molecular formula is C14H23NO3. The fourth-order valence-electron chi connectivity index (χ4n) is 3.37. The number of amides is 1. The van der Waals surface area contributed by atoms with Gasteiger partial charge in [-0.3, -0.25) is 9.59 Å². The fraction of sp³-hybridized carbons (Fsp3) is 0.857. The molecule has 102 valence electrons. The van der Waals surface area contributed by atoms with E-state index in [9.17, 15) is 14.7 Å². The van der Waals surface area contributed by atoms with E-state index < -0.39 is 11.9 Å². The van der Waals surface area contributed by atoms with Crippen LogP contribution >= 0.6 is 0 Å². The minimum atomic E-state index is -0.790. The van der Waals surface area contributed by atoms with Crippen molar-refractivity contribution in [2.45, 2.75) is 45.4 Å². The molecule has 1 unspecified atom stereocenters. The predicted octanol–water partition coefficient (Wildman–Crippen LogP) is 2.14. The number of carbonyl (C=O) groups excluding carboxylic acids is 1. The Bertz CT molecular complexity index is 323. The third-order valence-corrected chi connectivity index (χ3v) is 4.54. The Kier molecular flexibility index (Phi) is 4.25. The zero-order valence-corrected chi connectivity index (χ0v) is 11.1. The molecule has 0 aromatic carbocycles. The molecule has 3 atom stereocenters. The summed E-state index contributed by atoms with van der Waals surface area (Å²) in [6.45, 7) is 3.72. The van der Waals surface area contributed by atoms with Gasteiger partial charge in [0.25, 0.3) is 0 Å². The molecule has 18 heavy (non-hydrogen) atoms. The number of hydrogen-bond acceptors (Lipinski definition) is 2. The third kappa shape index (κ3) is 2.68. The van der Waals surface area contributed by atoms with Crippen molar-refractivity contribution in [2.75, 3.05) is 13.1 Å². The van der Waals surface area contributed by atoms with Crippen LogP contribution in [-0.4, -0.2) is 35.0 Å². The van der Waals surface area contributed by atoms with E-state index in [0.717, 1.165) is 38.8 Å². The van der Waals surface area contributed by atoms with Gasteiger partial charge in [-0.1, -0.05) is 13.3 Å². The van der Waals surface area contributed by atoms with Crippen LogP contribution in [0, 0.1) is 17.8 Å². The maximum atomic E-state index is 12.4. The Balaban J connectivity index is 2.04. The van der Waals surface area contributed by atoms with Gasteiger partial charge in [0.1, 0.15) is 0 Å². The van der Waals surface area contributed by atoms with E-state index in [4.69, 9.17) is 0 Å². The van der Waals surface area contributed by atoms with E-state index in [0.29, 0.717) is 12.3 Å². The molecule has 2 fully saturated rings. The molecule has 1 aliphatic carbocycles. The van der Waals surface area contributed by atoms with E-state index in [2.05, 4.69) is 6.92 Å². The quantitative estimate of drug-likeness (QED) is 0.838. The largest absolute Gasteiger partial charge is 0.481 e. The Morgan fingerprint density at radius 2 is 1.72 bits per heavy atom. The van der Waals surface area contributed by atoms with Gasteiger partial charge in [0.05, 0.1) is 11.8 Å². The van der Waals surface area contributed by atoms with Crippen molar-refractivity contribution < 1.29 is 14.7 Å². The summed E-state index contributed by atoms with van der Waals surface area (Å²) in [5.74, 6) is -1.01. The molecule has 1 amide bonds. The highest BCUT2D eigenvalue weighted by Crippen LogP contribution is 2.39.